The molecule has 24 heavy (non-hydrogen) atoms. The number of allylic oxidation sites excluding steroid dienone is 1. The Morgan fingerprint density at radius 3 is 2.71 bits per heavy atom. The average Bonchev–Trinajstić information content (AvgIpc) is 3.22. The van der Waals surface area contributed by atoms with E-state index in [2.05, 4.69) is 9.98 Å². The smallest absolute Gasteiger partial charge is 0.199 e. The minimum Gasteiger partial charge on any atom is -0.358 e. The van der Waals surface area contributed by atoms with Gasteiger partial charge in [-0.15, -0.1) is 0 Å². The number of halogens is 3. The number of aromatic amines is 1. The number of hydrogen-bond donors (Lipinski definition) is 1. The maximum Gasteiger partial charge on any atom is 0.199 e. The van der Waals surface area contributed by atoms with E-state index >= 15 is 0 Å². The van der Waals surface area contributed by atoms with E-state index in [0.717, 1.165) is 5.57 Å². The molecule has 0 fully saturated rings. The molecule has 2 aromatic rings. The molecule has 122 valence electrons. The summed E-state index contributed by atoms with van der Waals surface area (Å²) in [5.41, 5.74) is 0.910. The van der Waals surface area contributed by atoms with Crippen LogP contribution < -0.4 is 0 Å². The van der Waals surface area contributed by atoms with Gasteiger partial charge in [0.25, 0.3) is 0 Å². The number of rotatable bonds is 5. The van der Waals surface area contributed by atoms with Crippen molar-refractivity contribution in [2.24, 2.45) is 4.99 Å². The second kappa shape index (κ2) is 6.71. The third-order valence-corrected chi connectivity index (χ3v) is 4.20. The van der Waals surface area contributed by atoms with Crippen molar-refractivity contribution in [1.29, 1.82) is 0 Å². The standard InChI is InChI=1S/C17H11Cl2FN2O2/c18-11-1-2-12(19)16(20)15(11)17(24)10-6-13(22-8-10)14(23)5-9-3-4-21-7-9/h1-3,6-8,22H,4-5H2. The van der Waals surface area contributed by atoms with Crippen LogP contribution in [0.15, 0.2) is 41.0 Å². The van der Waals surface area contributed by atoms with Crippen molar-refractivity contribution in [2.75, 3.05) is 6.54 Å². The minimum atomic E-state index is -0.879. The van der Waals surface area contributed by atoms with Gasteiger partial charge in [-0.1, -0.05) is 29.3 Å². The van der Waals surface area contributed by atoms with Gasteiger partial charge in [0, 0.05) is 24.4 Å². The summed E-state index contributed by atoms with van der Waals surface area (Å²) in [7, 11) is 0. The summed E-state index contributed by atoms with van der Waals surface area (Å²) in [5, 5.41) is -0.231. The molecule has 0 aliphatic carbocycles. The molecule has 1 N–H and O–H groups in total. The molecule has 0 amide bonds. The summed E-state index contributed by atoms with van der Waals surface area (Å²) in [6.45, 7) is 0.573. The van der Waals surface area contributed by atoms with Gasteiger partial charge >= 0.3 is 0 Å². The lowest BCUT2D eigenvalue weighted by atomic mass is 10.0. The number of hydrogen-bond acceptors (Lipinski definition) is 3. The fourth-order valence-corrected chi connectivity index (χ4v) is 2.75. The molecular formula is C17H11Cl2FN2O2. The van der Waals surface area contributed by atoms with Crippen molar-refractivity contribution in [1.82, 2.24) is 4.98 Å². The predicted octanol–water partition coefficient (Wildman–Crippen LogP) is 4.28. The zero-order valence-corrected chi connectivity index (χ0v) is 13.8. The highest BCUT2D eigenvalue weighted by atomic mass is 35.5. The van der Waals surface area contributed by atoms with Gasteiger partial charge in [0.2, 0.25) is 0 Å². The van der Waals surface area contributed by atoms with Crippen LogP contribution in [0.25, 0.3) is 0 Å². The molecular weight excluding hydrogens is 354 g/mol. The molecule has 0 radical (unpaired) electrons. The van der Waals surface area contributed by atoms with Crippen LogP contribution >= 0.6 is 23.2 Å². The number of aliphatic imine (C=N–C) groups is 1. The van der Waals surface area contributed by atoms with Gasteiger partial charge in [0.1, 0.15) is 0 Å². The van der Waals surface area contributed by atoms with Crippen LogP contribution in [0, 0.1) is 5.82 Å². The third kappa shape index (κ3) is 3.18. The molecule has 0 bridgehead atoms. The number of Topliss-reactive ketones (excluding diaryl/α,β-unsaturated/α-hetero) is 1. The molecule has 0 atom stereocenters. The molecule has 1 aliphatic rings. The van der Waals surface area contributed by atoms with Crippen LogP contribution in [0.1, 0.15) is 32.8 Å². The average molecular weight is 365 g/mol. The van der Waals surface area contributed by atoms with Gasteiger partial charge in [-0.05, 0) is 23.8 Å². The normalized spacial score (nSPS) is 13.2. The topological polar surface area (TPSA) is 62.3 Å². The van der Waals surface area contributed by atoms with Crippen LogP contribution in [0.3, 0.4) is 0 Å². The molecule has 3 rings (SSSR count). The lowest BCUT2D eigenvalue weighted by Crippen LogP contribution is -2.05. The van der Waals surface area contributed by atoms with E-state index in [-0.39, 0.29) is 39.1 Å². The molecule has 0 saturated heterocycles. The summed E-state index contributed by atoms with van der Waals surface area (Å²) in [6.07, 6.45) is 5.04. The van der Waals surface area contributed by atoms with Crippen molar-refractivity contribution in [2.45, 2.75) is 6.42 Å². The Hall–Kier alpha value is -2.24. The molecule has 1 aromatic heterocycles. The van der Waals surface area contributed by atoms with Crippen LogP contribution in [-0.4, -0.2) is 29.3 Å². The molecule has 1 aromatic carbocycles. The Morgan fingerprint density at radius 1 is 1.25 bits per heavy atom. The largest absolute Gasteiger partial charge is 0.358 e. The van der Waals surface area contributed by atoms with Gasteiger partial charge in [-0.25, -0.2) is 4.39 Å². The summed E-state index contributed by atoms with van der Waals surface area (Å²) in [4.78, 5) is 31.4. The monoisotopic (exact) mass is 364 g/mol. The maximum absolute atomic E-state index is 14.1. The zero-order valence-electron chi connectivity index (χ0n) is 12.3. The summed E-state index contributed by atoms with van der Waals surface area (Å²) in [6, 6.07) is 4.01. The van der Waals surface area contributed by atoms with E-state index in [1.807, 2.05) is 6.08 Å². The van der Waals surface area contributed by atoms with Crippen molar-refractivity contribution in [3.8, 4) is 0 Å². The van der Waals surface area contributed by atoms with Crippen LogP contribution in [0.4, 0.5) is 4.39 Å². The summed E-state index contributed by atoms with van der Waals surface area (Å²) >= 11 is 11.6. The quantitative estimate of drug-likeness (QED) is 0.635. The molecule has 7 heteroatoms. The Bertz CT molecular complexity index is 900. The Labute approximate surface area is 147 Å². The Morgan fingerprint density at radius 2 is 2.00 bits per heavy atom. The highest BCUT2D eigenvalue weighted by Crippen LogP contribution is 2.28. The molecule has 0 unspecified atom stereocenters. The highest BCUT2D eigenvalue weighted by Gasteiger charge is 2.22. The molecule has 1 aliphatic heterocycles. The highest BCUT2D eigenvalue weighted by molar-refractivity contribution is 6.37. The second-order valence-corrected chi connectivity index (χ2v) is 6.04. The first-order valence-corrected chi connectivity index (χ1v) is 7.81. The number of benzene rings is 1. The Kier molecular flexibility index (Phi) is 4.64. The van der Waals surface area contributed by atoms with E-state index in [1.54, 1.807) is 6.21 Å². The molecule has 2 heterocycles. The number of ketones is 2. The number of nitrogens with zero attached hydrogens (tertiary/aromatic N) is 1. The lowest BCUT2D eigenvalue weighted by Gasteiger charge is -2.05. The van der Waals surface area contributed by atoms with Crippen molar-refractivity contribution >= 4 is 41.0 Å². The van der Waals surface area contributed by atoms with E-state index in [1.165, 1.54) is 24.4 Å². The zero-order chi connectivity index (χ0) is 17.3. The van der Waals surface area contributed by atoms with Gasteiger partial charge in [-0.2, -0.15) is 0 Å². The van der Waals surface area contributed by atoms with E-state index in [9.17, 15) is 14.0 Å². The fraction of sp³-hybridized carbons (Fsp3) is 0.118. The SMILES string of the molecule is O=C(CC1=CCN=C1)c1cc(C(=O)c2c(Cl)ccc(Cl)c2F)c[nH]1. The number of carbonyl (C=O) groups is 2. The third-order valence-electron chi connectivity index (χ3n) is 3.60. The van der Waals surface area contributed by atoms with Crippen LogP contribution in [0.2, 0.25) is 10.0 Å². The van der Waals surface area contributed by atoms with Crippen molar-refractivity contribution in [3.63, 3.8) is 0 Å². The molecule has 4 nitrogen and oxygen atoms in total. The van der Waals surface area contributed by atoms with E-state index < -0.39 is 11.6 Å². The first kappa shape index (κ1) is 16.6. The number of H-pyrrole nitrogens is 1. The van der Waals surface area contributed by atoms with Crippen molar-refractivity contribution < 1.29 is 14.0 Å². The van der Waals surface area contributed by atoms with Crippen molar-refractivity contribution in [3.05, 3.63) is 68.7 Å². The predicted molar refractivity (Wildman–Crippen MR) is 91.0 cm³/mol. The van der Waals surface area contributed by atoms with Gasteiger partial charge in [-0.3, -0.25) is 14.6 Å². The lowest BCUT2D eigenvalue weighted by molar-refractivity contribution is 0.0990. The minimum absolute atomic E-state index is 0.0386. The van der Waals surface area contributed by atoms with Gasteiger partial charge in [0.05, 0.1) is 27.8 Å². The summed E-state index contributed by atoms with van der Waals surface area (Å²) < 4.78 is 14.1. The second-order valence-electron chi connectivity index (χ2n) is 5.22. The number of nitrogens with one attached hydrogen (secondary N) is 1. The number of carbonyl (C=O) groups excluding carboxylic acids is 2. The molecule has 0 saturated carbocycles. The Balaban J connectivity index is 1.85. The van der Waals surface area contributed by atoms with Gasteiger partial charge < -0.3 is 4.98 Å². The van der Waals surface area contributed by atoms with E-state index in [0.29, 0.717) is 6.54 Å². The van der Waals surface area contributed by atoms with Crippen LogP contribution in [-0.2, 0) is 0 Å². The fourth-order valence-electron chi connectivity index (χ4n) is 2.36. The molecule has 0 spiro atoms. The maximum atomic E-state index is 14.1. The van der Waals surface area contributed by atoms with E-state index in [4.69, 9.17) is 23.2 Å². The number of aromatic nitrogens is 1. The van der Waals surface area contributed by atoms with Gasteiger partial charge in [0.15, 0.2) is 17.4 Å². The first-order valence-electron chi connectivity index (χ1n) is 7.06. The first-order chi connectivity index (χ1) is 11.5. The summed E-state index contributed by atoms with van der Waals surface area (Å²) in [5.74, 6) is -1.71. The van der Waals surface area contributed by atoms with Crippen LogP contribution in [0.5, 0.6) is 0 Å².